The molecule has 0 atom stereocenters. The molecule has 1 amide bonds. The first-order valence-corrected chi connectivity index (χ1v) is 9.68. The predicted octanol–water partition coefficient (Wildman–Crippen LogP) is 4.55. The van der Waals surface area contributed by atoms with Gasteiger partial charge in [0.05, 0.1) is 6.26 Å². The third-order valence-electron chi connectivity index (χ3n) is 5.14. The second kappa shape index (κ2) is 8.02. The van der Waals surface area contributed by atoms with Gasteiger partial charge in [0.25, 0.3) is 0 Å². The van der Waals surface area contributed by atoms with Crippen molar-refractivity contribution < 1.29 is 9.21 Å². The van der Waals surface area contributed by atoms with Gasteiger partial charge in [0.1, 0.15) is 5.69 Å². The minimum Gasteiger partial charge on any atom is -0.463 e. The number of nitrogens with one attached hydrogen (secondary N) is 1. The van der Waals surface area contributed by atoms with Gasteiger partial charge < -0.3 is 14.6 Å². The third-order valence-corrected chi connectivity index (χ3v) is 5.55. The van der Waals surface area contributed by atoms with Crippen LogP contribution in [0.3, 0.4) is 0 Å². The molecule has 1 aliphatic heterocycles. The molecule has 1 aliphatic rings. The lowest BCUT2D eigenvalue weighted by atomic mass is 9.95. The van der Waals surface area contributed by atoms with Crippen LogP contribution >= 0.6 is 11.6 Å². The van der Waals surface area contributed by atoms with Crippen LogP contribution < -0.4 is 10.2 Å². The molecule has 3 heterocycles. The molecule has 4 rings (SSSR count). The van der Waals surface area contributed by atoms with E-state index in [2.05, 4.69) is 20.4 Å². The molecule has 0 radical (unpaired) electrons. The highest BCUT2D eigenvalue weighted by molar-refractivity contribution is 6.31. The molecule has 1 saturated heterocycles. The zero-order valence-corrected chi connectivity index (χ0v) is 16.3. The number of nitrogens with zero attached hydrogens (tertiary/aromatic N) is 3. The van der Waals surface area contributed by atoms with Gasteiger partial charge >= 0.3 is 0 Å². The molecule has 0 unspecified atom stereocenters. The van der Waals surface area contributed by atoms with Gasteiger partial charge in [-0.15, -0.1) is 10.2 Å². The number of anilines is 2. The Morgan fingerprint density at radius 2 is 1.96 bits per heavy atom. The number of hydrogen-bond acceptors (Lipinski definition) is 5. The van der Waals surface area contributed by atoms with Gasteiger partial charge in [-0.25, -0.2) is 0 Å². The molecule has 2 aromatic heterocycles. The van der Waals surface area contributed by atoms with Crippen molar-refractivity contribution >= 4 is 29.0 Å². The van der Waals surface area contributed by atoms with E-state index in [4.69, 9.17) is 16.0 Å². The molecule has 0 saturated carbocycles. The maximum absolute atomic E-state index is 12.6. The fourth-order valence-corrected chi connectivity index (χ4v) is 3.57. The van der Waals surface area contributed by atoms with Gasteiger partial charge in [-0.05, 0) is 61.7 Å². The number of amides is 1. The van der Waals surface area contributed by atoms with Crippen LogP contribution in [-0.2, 0) is 4.79 Å². The van der Waals surface area contributed by atoms with Gasteiger partial charge in [0.15, 0.2) is 11.6 Å². The van der Waals surface area contributed by atoms with E-state index in [-0.39, 0.29) is 11.8 Å². The number of benzene rings is 1. The van der Waals surface area contributed by atoms with Crippen LogP contribution in [0.25, 0.3) is 11.5 Å². The normalized spacial score (nSPS) is 14.9. The molecule has 0 bridgehead atoms. The Morgan fingerprint density at radius 3 is 2.64 bits per heavy atom. The second-order valence-corrected chi connectivity index (χ2v) is 7.32. The number of halogens is 1. The summed E-state index contributed by atoms with van der Waals surface area (Å²) in [4.78, 5) is 14.8. The van der Waals surface area contributed by atoms with Crippen molar-refractivity contribution in [1.82, 2.24) is 10.2 Å². The molecule has 3 aromatic rings. The maximum Gasteiger partial charge on any atom is 0.227 e. The number of furan rings is 1. The number of aromatic nitrogens is 2. The largest absolute Gasteiger partial charge is 0.463 e. The highest BCUT2D eigenvalue weighted by Crippen LogP contribution is 2.27. The van der Waals surface area contributed by atoms with Crippen LogP contribution in [0.15, 0.2) is 53.1 Å². The fraction of sp³-hybridized carbons (Fsp3) is 0.286. The monoisotopic (exact) mass is 396 g/mol. The van der Waals surface area contributed by atoms with Gasteiger partial charge in [0.2, 0.25) is 5.91 Å². The summed E-state index contributed by atoms with van der Waals surface area (Å²) in [5, 5.41) is 12.2. The first kappa shape index (κ1) is 18.5. The van der Waals surface area contributed by atoms with E-state index in [9.17, 15) is 4.79 Å². The van der Waals surface area contributed by atoms with E-state index in [1.807, 2.05) is 49.4 Å². The van der Waals surface area contributed by atoms with Crippen LogP contribution in [0, 0.1) is 12.8 Å². The molecule has 0 aliphatic carbocycles. The summed E-state index contributed by atoms with van der Waals surface area (Å²) < 4.78 is 5.34. The molecule has 1 fully saturated rings. The van der Waals surface area contributed by atoms with Gasteiger partial charge in [-0.3, -0.25) is 4.79 Å². The number of carbonyl (C=O) groups excluding carboxylic acids is 1. The van der Waals surface area contributed by atoms with Crippen LogP contribution in [0.2, 0.25) is 5.02 Å². The third kappa shape index (κ3) is 3.87. The van der Waals surface area contributed by atoms with Gasteiger partial charge in [-0.2, -0.15) is 0 Å². The number of hydrogen-bond donors (Lipinski definition) is 1. The van der Waals surface area contributed by atoms with Crippen molar-refractivity contribution in [3.05, 3.63) is 59.3 Å². The maximum atomic E-state index is 12.6. The predicted molar refractivity (Wildman–Crippen MR) is 109 cm³/mol. The van der Waals surface area contributed by atoms with Crippen molar-refractivity contribution in [2.24, 2.45) is 5.92 Å². The van der Waals surface area contributed by atoms with E-state index in [0.717, 1.165) is 43.0 Å². The molecule has 0 spiro atoms. The molecular formula is C21H21ClN4O2. The zero-order chi connectivity index (χ0) is 19.5. The Morgan fingerprint density at radius 1 is 1.14 bits per heavy atom. The average Bonchev–Trinajstić information content (AvgIpc) is 3.26. The summed E-state index contributed by atoms with van der Waals surface area (Å²) in [5.41, 5.74) is 2.38. The molecule has 7 heteroatoms. The lowest BCUT2D eigenvalue weighted by Gasteiger charge is -2.32. The Bertz CT molecular complexity index is 949. The van der Waals surface area contributed by atoms with Crippen LogP contribution in [0.5, 0.6) is 0 Å². The Labute approximate surface area is 168 Å². The lowest BCUT2D eigenvalue weighted by Crippen LogP contribution is -2.38. The molecular weight excluding hydrogens is 376 g/mol. The summed E-state index contributed by atoms with van der Waals surface area (Å²) in [6, 6.07) is 13.1. The highest BCUT2D eigenvalue weighted by Gasteiger charge is 2.26. The van der Waals surface area contributed by atoms with Crippen LogP contribution in [0.4, 0.5) is 11.5 Å². The topological polar surface area (TPSA) is 71.3 Å². The molecule has 144 valence electrons. The summed E-state index contributed by atoms with van der Waals surface area (Å²) >= 11 is 6.14. The molecule has 6 nitrogen and oxygen atoms in total. The van der Waals surface area contributed by atoms with Crippen molar-refractivity contribution in [1.29, 1.82) is 0 Å². The van der Waals surface area contributed by atoms with Crippen molar-refractivity contribution in [2.45, 2.75) is 19.8 Å². The highest BCUT2D eigenvalue weighted by atomic mass is 35.5. The quantitative estimate of drug-likeness (QED) is 0.700. The minimum absolute atomic E-state index is 0.0232. The summed E-state index contributed by atoms with van der Waals surface area (Å²) in [7, 11) is 0. The Balaban J connectivity index is 1.35. The first-order chi connectivity index (χ1) is 13.6. The van der Waals surface area contributed by atoms with E-state index in [0.29, 0.717) is 16.5 Å². The average molecular weight is 397 g/mol. The lowest BCUT2D eigenvalue weighted by molar-refractivity contribution is -0.120. The fourth-order valence-electron chi connectivity index (χ4n) is 3.40. The Kier molecular flexibility index (Phi) is 5.30. The van der Waals surface area contributed by atoms with Crippen molar-refractivity contribution in [3.63, 3.8) is 0 Å². The van der Waals surface area contributed by atoms with Gasteiger partial charge in [-0.1, -0.05) is 17.7 Å². The number of rotatable bonds is 4. The van der Waals surface area contributed by atoms with E-state index < -0.39 is 0 Å². The zero-order valence-electron chi connectivity index (χ0n) is 15.6. The van der Waals surface area contributed by atoms with Crippen LogP contribution in [-0.4, -0.2) is 29.2 Å². The van der Waals surface area contributed by atoms with E-state index in [1.165, 1.54) is 0 Å². The summed E-state index contributed by atoms with van der Waals surface area (Å²) in [6.07, 6.45) is 3.16. The van der Waals surface area contributed by atoms with E-state index >= 15 is 0 Å². The second-order valence-electron chi connectivity index (χ2n) is 6.92. The smallest absolute Gasteiger partial charge is 0.227 e. The van der Waals surface area contributed by atoms with E-state index in [1.54, 1.807) is 6.26 Å². The molecule has 1 aromatic carbocycles. The molecule has 28 heavy (non-hydrogen) atoms. The minimum atomic E-state index is -0.0232. The first-order valence-electron chi connectivity index (χ1n) is 9.30. The van der Waals surface area contributed by atoms with Crippen LogP contribution in [0.1, 0.15) is 18.4 Å². The Hall–Kier alpha value is -2.86. The van der Waals surface area contributed by atoms with Gasteiger partial charge in [0, 0.05) is 29.7 Å². The molecule has 1 N–H and O–H groups in total. The number of piperidine rings is 1. The van der Waals surface area contributed by atoms with Crippen molar-refractivity contribution in [2.75, 3.05) is 23.3 Å². The van der Waals surface area contributed by atoms with Crippen molar-refractivity contribution in [3.8, 4) is 11.5 Å². The SMILES string of the molecule is Cc1c(Cl)cccc1NC(=O)C1CCN(c2ccc(-c3ccco3)nn2)CC1. The summed E-state index contributed by atoms with van der Waals surface area (Å²) in [6.45, 7) is 3.44. The number of carbonyl (C=O) groups is 1. The summed E-state index contributed by atoms with van der Waals surface area (Å²) in [5.74, 6) is 1.54. The standard InChI is InChI=1S/C21H21ClN4O2/c1-14-16(22)4-2-5-17(14)23-21(27)15-9-11-26(12-10-15)20-8-7-18(24-25-20)19-6-3-13-28-19/h2-8,13,15H,9-12H2,1H3,(H,23,27).